The van der Waals surface area contributed by atoms with Gasteiger partial charge in [-0.1, -0.05) is 48.5 Å². The first-order valence-electron chi connectivity index (χ1n) is 9.06. The number of rotatable bonds is 6. The van der Waals surface area contributed by atoms with Crippen molar-refractivity contribution in [2.24, 2.45) is 0 Å². The van der Waals surface area contributed by atoms with Crippen molar-refractivity contribution in [2.45, 2.75) is 19.9 Å². The molecular formula is C22H20N2O5. The van der Waals surface area contributed by atoms with Crippen LogP contribution in [0.3, 0.4) is 0 Å². The number of amides is 1. The van der Waals surface area contributed by atoms with Crippen molar-refractivity contribution < 1.29 is 19.2 Å². The van der Waals surface area contributed by atoms with E-state index in [2.05, 4.69) is 5.32 Å². The van der Waals surface area contributed by atoms with Crippen LogP contribution in [0.1, 0.15) is 34.5 Å². The van der Waals surface area contributed by atoms with Crippen molar-refractivity contribution in [2.75, 3.05) is 6.61 Å². The zero-order valence-electron chi connectivity index (χ0n) is 16.0. The van der Waals surface area contributed by atoms with Crippen molar-refractivity contribution in [1.82, 2.24) is 5.32 Å². The summed E-state index contributed by atoms with van der Waals surface area (Å²) in [6, 6.07) is 17.6. The average Bonchev–Trinajstić information content (AvgIpc) is 2.71. The molecule has 148 valence electrons. The molecule has 0 unspecified atom stereocenters. The Kier molecular flexibility index (Phi) is 5.87. The minimum atomic E-state index is -0.779. The summed E-state index contributed by atoms with van der Waals surface area (Å²) in [5, 5.41) is 15.9. The zero-order chi connectivity index (χ0) is 21.0. The zero-order valence-corrected chi connectivity index (χ0v) is 16.0. The Bertz CT molecular complexity index is 1090. The first-order valence-corrected chi connectivity index (χ1v) is 9.06. The van der Waals surface area contributed by atoms with Gasteiger partial charge in [-0.2, -0.15) is 0 Å². The maximum absolute atomic E-state index is 12.3. The van der Waals surface area contributed by atoms with Gasteiger partial charge in [-0.25, -0.2) is 4.79 Å². The largest absolute Gasteiger partial charge is 0.452 e. The van der Waals surface area contributed by atoms with E-state index in [-0.39, 0.29) is 22.9 Å². The standard InChI is InChI=1S/C22H20N2O5/c1-14-17(10-6-12-20(14)24(27)28)22(26)29-13-21(25)23-15(2)18-11-5-8-16-7-3-4-9-19(16)18/h3-12,15H,13H2,1-2H3,(H,23,25)/t15-/m1/s1. The van der Waals surface area contributed by atoms with E-state index in [0.717, 1.165) is 16.3 Å². The number of hydrogen-bond donors (Lipinski definition) is 1. The highest BCUT2D eigenvalue weighted by molar-refractivity contribution is 5.94. The number of carbonyl (C=O) groups excluding carboxylic acids is 2. The fourth-order valence-corrected chi connectivity index (χ4v) is 3.24. The molecule has 0 bridgehead atoms. The minimum Gasteiger partial charge on any atom is -0.452 e. The second kappa shape index (κ2) is 8.52. The lowest BCUT2D eigenvalue weighted by atomic mass is 10.00. The fraction of sp³-hybridized carbons (Fsp3) is 0.182. The van der Waals surface area contributed by atoms with Gasteiger partial charge in [-0.05, 0) is 36.2 Å². The molecule has 0 aliphatic rings. The Balaban J connectivity index is 1.65. The van der Waals surface area contributed by atoms with Crippen LogP contribution in [0.15, 0.2) is 60.7 Å². The van der Waals surface area contributed by atoms with E-state index in [4.69, 9.17) is 4.74 Å². The van der Waals surface area contributed by atoms with E-state index < -0.39 is 23.4 Å². The monoisotopic (exact) mass is 392 g/mol. The molecule has 3 aromatic carbocycles. The van der Waals surface area contributed by atoms with Crippen molar-refractivity contribution >= 4 is 28.3 Å². The molecule has 0 aliphatic heterocycles. The number of hydrogen-bond acceptors (Lipinski definition) is 5. The van der Waals surface area contributed by atoms with Crippen LogP contribution in [0.4, 0.5) is 5.69 Å². The first kappa shape index (κ1) is 20.0. The number of fused-ring (bicyclic) bond motifs is 1. The molecule has 0 spiro atoms. The van der Waals surface area contributed by atoms with Crippen LogP contribution >= 0.6 is 0 Å². The normalized spacial score (nSPS) is 11.7. The van der Waals surface area contributed by atoms with Gasteiger partial charge in [0.2, 0.25) is 0 Å². The van der Waals surface area contributed by atoms with Gasteiger partial charge >= 0.3 is 5.97 Å². The average molecular weight is 392 g/mol. The van der Waals surface area contributed by atoms with E-state index in [1.54, 1.807) is 0 Å². The molecule has 0 fully saturated rings. The predicted octanol–water partition coefficient (Wildman–Crippen LogP) is 4.09. The summed E-state index contributed by atoms with van der Waals surface area (Å²) in [5.41, 5.74) is 1.05. The summed E-state index contributed by atoms with van der Waals surface area (Å²) in [6.07, 6.45) is 0. The molecule has 0 aliphatic carbocycles. The Morgan fingerprint density at radius 1 is 1.07 bits per heavy atom. The SMILES string of the molecule is Cc1c(C(=O)OCC(=O)N[C@H](C)c2cccc3ccccc23)cccc1[N+](=O)[O-]. The smallest absolute Gasteiger partial charge is 0.339 e. The van der Waals surface area contributed by atoms with Gasteiger partial charge in [-0.3, -0.25) is 14.9 Å². The molecule has 0 saturated heterocycles. The molecule has 7 heteroatoms. The third kappa shape index (κ3) is 4.40. The van der Waals surface area contributed by atoms with Crippen LogP contribution in [0.2, 0.25) is 0 Å². The number of nitro groups is 1. The van der Waals surface area contributed by atoms with E-state index >= 15 is 0 Å². The van der Waals surface area contributed by atoms with Gasteiger partial charge in [0.05, 0.1) is 16.5 Å². The van der Waals surface area contributed by atoms with E-state index in [1.165, 1.54) is 25.1 Å². The Labute approximate surface area is 167 Å². The molecule has 0 aromatic heterocycles. The van der Waals surface area contributed by atoms with Crippen molar-refractivity contribution in [3.05, 3.63) is 87.5 Å². The summed E-state index contributed by atoms with van der Waals surface area (Å²) in [5.74, 6) is -1.24. The number of benzene rings is 3. The second-order valence-electron chi connectivity index (χ2n) is 6.64. The van der Waals surface area contributed by atoms with Gasteiger partial charge in [0.25, 0.3) is 11.6 Å². The van der Waals surface area contributed by atoms with Gasteiger partial charge in [0.15, 0.2) is 6.61 Å². The van der Waals surface area contributed by atoms with Gasteiger partial charge in [0, 0.05) is 11.6 Å². The maximum atomic E-state index is 12.3. The second-order valence-corrected chi connectivity index (χ2v) is 6.64. The third-order valence-corrected chi connectivity index (χ3v) is 4.72. The highest BCUT2D eigenvalue weighted by Gasteiger charge is 2.20. The summed E-state index contributed by atoms with van der Waals surface area (Å²) in [7, 11) is 0. The molecule has 1 atom stereocenters. The third-order valence-electron chi connectivity index (χ3n) is 4.72. The number of ether oxygens (including phenoxy) is 1. The highest BCUT2D eigenvalue weighted by Crippen LogP contribution is 2.24. The maximum Gasteiger partial charge on any atom is 0.339 e. The summed E-state index contributed by atoms with van der Waals surface area (Å²) < 4.78 is 5.06. The summed E-state index contributed by atoms with van der Waals surface area (Å²) in [6.45, 7) is 2.85. The van der Waals surface area contributed by atoms with Crippen LogP contribution < -0.4 is 5.32 Å². The van der Waals surface area contributed by atoms with Crippen LogP contribution in [-0.2, 0) is 9.53 Å². The van der Waals surface area contributed by atoms with Crippen LogP contribution in [0.5, 0.6) is 0 Å². The van der Waals surface area contributed by atoms with Crippen LogP contribution in [0, 0.1) is 17.0 Å². The number of nitro benzene ring substituents is 1. The molecule has 0 heterocycles. The highest BCUT2D eigenvalue weighted by atomic mass is 16.6. The van der Waals surface area contributed by atoms with E-state index in [1.807, 2.05) is 49.4 Å². The van der Waals surface area contributed by atoms with E-state index in [9.17, 15) is 19.7 Å². The Morgan fingerprint density at radius 2 is 1.76 bits per heavy atom. The molecule has 1 amide bonds. The van der Waals surface area contributed by atoms with Gasteiger partial charge in [0.1, 0.15) is 0 Å². The summed E-state index contributed by atoms with van der Waals surface area (Å²) >= 11 is 0. The predicted molar refractivity (Wildman–Crippen MR) is 109 cm³/mol. The molecule has 1 N–H and O–H groups in total. The molecule has 3 aromatic rings. The molecule has 0 saturated carbocycles. The topological polar surface area (TPSA) is 98.5 Å². The lowest BCUT2D eigenvalue weighted by Gasteiger charge is -2.17. The molecule has 7 nitrogen and oxygen atoms in total. The number of nitrogens with zero attached hydrogens (tertiary/aromatic N) is 1. The van der Waals surface area contributed by atoms with Crippen molar-refractivity contribution in [3.63, 3.8) is 0 Å². The van der Waals surface area contributed by atoms with Gasteiger partial charge in [-0.15, -0.1) is 0 Å². The Hall–Kier alpha value is -3.74. The molecule has 0 radical (unpaired) electrons. The molecule has 29 heavy (non-hydrogen) atoms. The Morgan fingerprint density at radius 3 is 2.52 bits per heavy atom. The molecular weight excluding hydrogens is 372 g/mol. The number of esters is 1. The van der Waals surface area contributed by atoms with E-state index in [0.29, 0.717) is 0 Å². The number of nitrogens with one attached hydrogen (secondary N) is 1. The lowest BCUT2D eigenvalue weighted by Crippen LogP contribution is -2.31. The van der Waals surface area contributed by atoms with Crippen molar-refractivity contribution in [3.8, 4) is 0 Å². The number of carbonyl (C=O) groups is 2. The lowest BCUT2D eigenvalue weighted by molar-refractivity contribution is -0.385. The van der Waals surface area contributed by atoms with Crippen molar-refractivity contribution in [1.29, 1.82) is 0 Å². The first-order chi connectivity index (χ1) is 13.9. The van der Waals surface area contributed by atoms with Crippen LogP contribution in [-0.4, -0.2) is 23.4 Å². The minimum absolute atomic E-state index is 0.0640. The van der Waals surface area contributed by atoms with Crippen LogP contribution in [0.25, 0.3) is 10.8 Å². The van der Waals surface area contributed by atoms with Gasteiger partial charge < -0.3 is 10.1 Å². The summed E-state index contributed by atoms with van der Waals surface area (Å²) in [4.78, 5) is 34.9. The fourth-order valence-electron chi connectivity index (χ4n) is 3.24. The molecule has 3 rings (SSSR count). The quantitative estimate of drug-likeness (QED) is 0.387.